The van der Waals surface area contributed by atoms with Gasteiger partial charge in [-0.25, -0.2) is 4.98 Å². The summed E-state index contributed by atoms with van der Waals surface area (Å²) in [6.45, 7) is 0. The van der Waals surface area contributed by atoms with E-state index in [0.717, 1.165) is 21.2 Å². The predicted octanol–water partition coefficient (Wildman–Crippen LogP) is 3.39. The van der Waals surface area contributed by atoms with Crippen LogP contribution in [0.5, 0.6) is 11.5 Å². The lowest BCUT2D eigenvalue weighted by Crippen LogP contribution is -2.01. The van der Waals surface area contributed by atoms with Crippen molar-refractivity contribution in [2.75, 3.05) is 20.0 Å². The lowest BCUT2D eigenvalue weighted by molar-refractivity contribution is 0.394. The molecule has 0 fully saturated rings. The molecule has 0 atom stereocenters. The first kappa shape index (κ1) is 13.8. The Morgan fingerprint density at radius 3 is 2.33 bits per heavy atom. The van der Waals surface area contributed by atoms with Crippen molar-refractivity contribution in [3.05, 3.63) is 40.9 Å². The van der Waals surface area contributed by atoms with Crippen LogP contribution in [0, 0.1) is 0 Å². The predicted molar refractivity (Wildman–Crippen MR) is 86.3 cm³/mol. The molecule has 0 bridgehead atoms. The average Bonchev–Trinajstić information content (AvgIpc) is 2.81. The summed E-state index contributed by atoms with van der Waals surface area (Å²) < 4.78 is 13.4. The van der Waals surface area contributed by atoms with E-state index in [0.29, 0.717) is 17.4 Å². The van der Waals surface area contributed by atoms with E-state index in [-0.39, 0.29) is 0 Å². The number of nitrogens with two attached hydrogens (primary N) is 1. The van der Waals surface area contributed by atoms with Gasteiger partial charge in [-0.3, -0.25) is 4.57 Å². The zero-order chi connectivity index (χ0) is 15.0. The molecule has 3 aromatic rings. The summed E-state index contributed by atoms with van der Waals surface area (Å²) in [5, 5.41) is 0. The van der Waals surface area contributed by atoms with Crippen LogP contribution in [0.1, 0.15) is 0 Å². The number of nitrogens with zero attached hydrogens (tertiary/aromatic N) is 2. The maximum Gasteiger partial charge on any atom is 0.205 e. The van der Waals surface area contributed by atoms with Crippen LogP contribution < -0.4 is 15.2 Å². The van der Waals surface area contributed by atoms with Gasteiger partial charge in [0.25, 0.3) is 0 Å². The summed E-state index contributed by atoms with van der Waals surface area (Å²) in [4.78, 5) is 4.39. The van der Waals surface area contributed by atoms with Crippen molar-refractivity contribution in [1.29, 1.82) is 0 Å². The third-order valence-corrected chi connectivity index (χ3v) is 3.73. The number of hydrogen-bond donors (Lipinski definition) is 1. The summed E-state index contributed by atoms with van der Waals surface area (Å²) in [6, 6.07) is 11.4. The van der Waals surface area contributed by atoms with E-state index in [1.807, 2.05) is 41.0 Å². The minimum Gasteiger partial charge on any atom is -0.497 e. The van der Waals surface area contributed by atoms with Crippen LogP contribution in [-0.4, -0.2) is 23.8 Å². The van der Waals surface area contributed by atoms with Gasteiger partial charge < -0.3 is 15.2 Å². The molecule has 21 heavy (non-hydrogen) atoms. The number of nitrogen functional groups attached to an aromatic ring is 1. The maximum absolute atomic E-state index is 6.07. The number of anilines is 1. The highest BCUT2D eigenvalue weighted by molar-refractivity contribution is 9.10. The molecule has 0 aliphatic heterocycles. The lowest BCUT2D eigenvalue weighted by Gasteiger charge is -2.11. The van der Waals surface area contributed by atoms with E-state index >= 15 is 0 Å². The number of rotatable bonds is 3. The third-order valence-electron chi connectivity index (χ3n) is 3.24. The largest absolute Gasteiger partial charge is 0.497 e. The Bertz CT molecular complexity index is 792. The molecule has 0 unspecified atom stereocenters. The Morgan fingerprint density at radius 2 is 1.71 bits per heavy atom. The molecule has 108 valence electrons. The molecule has 1 heterocycles. The number of benzene rings is 2. The number of ether oxygens (including phenoxy) is 2. The van der Waals surface area contributed by atoms with Gasteiger partial charge in [0.1, 0.15) is 11.5 Å². The Labute approximate surface area is 130 Å². The number of imidazole rings is 1. The molecule has 5 nitrogen and oxygen atoms in total. The summed E-state index contributed by atoms with van der Waals surface area (Å²) in [7, 11) is 3.23. The van der Waals surface area contributed by atoms with Crippen molar-refractivity contribution < 1.29 is 9.47 Å². The number of methoxy groups -OCH3 is 2. The minimum absolute atomic E-state index is 0.415. The Hall–Kier alpha value is -2.21. The van der Waals surface area contributed by atoms with Crippen LogP contribution in [0.25, 0.3) is 16.7 Å². The molecule has 0 amide bonds. The fourth-order valence-corrected chi connectivity index (χ4v) is 2.61. The average molecular weight is 348 g/mol. The van der Waals surface area contributed by atoms with Gasteiger partial charge in [-0.05, 0) is 18.2 Å². The fourth-order valence-electron chi connectivity index (χ4n) is 2.26. The molecular weight excluding hydrogens is 334 g/mol. The molecule has 2 N–H and O–H groups in total. The molecule has 2 aromatic carbocycles. The first-order valence-electron chi connectivity index (χ1n) is 6.29. The van der Waals surface area contributed by atoms with E-state index in [1.54, 1.807) is 14.2 Å². The molecule has 0 saturated heterocycles. The normalized spacial score (nSPS) is 10.8. The molecule has 0 saturated carbocycles. The molecule has 0 aliphatic carbocycles. The molecular formula is C15H14BrN3O2. The minimum atomic E-state index is 0.415. The van der Waals surface area contributed by atoms with Gasteiger partial charge in [0, 0.05) is 22.7 Å². The number of fused-ring (bicyclic) bond motifs is 1. The van der Waals surface area contributed by atoms with E-state index in [1.165, 1.54) is 0 Å². The van der Waals surface area contributed by atoms with Gasteiger partial charge in [0.15, 0.2) is 0 Å². The molecule has 0 spiro atoms. The van der Waals surface area contributed by atoms with Crippen molar-refractivity contribution in [2.45, 2.75) is 0 Å². The third kappa shape index (κ3) is 2.42. The first-order valence-corrected chi connectivity index (χ1v) is 7.08. The summed E-state index contributed by atoms with van der Waals surface area (Å²) >= 11 is 3.44. The van der Waals surface area contributed by atoms with Crippen LogP contribution in [0.15, 0.2) is 40.9 Å². The van der Waals surface area contributed by atoms with Gasteiger partial charge >= 0.3 is 0 Å². The highest BCUT2D eigenvalue weighted by Gasteiger charge is 2.12. The highest BCUT2D eigenvalue weighted by atomic mass is 79.9. The van der Waals surface area contributed by atoms with Crippen molar-refractivity contribution in [2.24, 2.45) is 0 Å². The molecule has 6 heteroatoms. The van der Waals surface area contributed by atoms with E-state index in [4.69, 9.17) is 15.2 Å². The summed E-state index contributed by atoms with van der Waals surface area (Å²) in [6.07, 6.45) is 0. The van der Waals surface area contributed by atoms with E-state index < -0.39 is 0 Å². The zero-order valence-corrected chi connectivity index (χ0v) is 13.2. The lowest BCUT2D eigenvalue weighted by atomic mass is 10.2. The van der Waals surface area contributed by atoms with Crippen molar-refractivity contribution in [3.63, 3.8) is 0 Å². The van der Waals surface area contributed by atoms with Crippen molar-refractivity contribution >= 4 is 32.9 Å². The maximum atomic E-state index is 6.07. The summed E-state index contributed by atoms with van der Waals surface area (Å²) in [5.41, 5.74) is 8.66. The van der Waals surface area contributed by atoms with Gasteiger partial charge in [-0.1, -0.05) is 15.9 Å². The summed E-state index contributed by atoms with van der Waals surface area (Å²) in [5.74, 6) is 1.81. The number of aromatic nitrogens is 2. The van der Waals surface area contributed by atoms with E-state index in [9.17, 15) is 0 Å². The second kappa shape index (κ2) is 5.29. The van der Waals surface area contributed by atoms with Gasteiger partial charge in [-0.2, -0.15) is 0 Å². The standard InChI is InChI=1S/C15H14BrN3O2/c1-20-11-6-10(7-12(8-11)21-2)19-14-4-3-9(16)5-13(14)18-15(19)17/h3-8H,1-2H3,(H2,17,18). The van der Waals surface area contributed by atoms with Gasteiger partial charge in [0.05, 0.1) is 30.9 Å². The SMILES string of the molecule is COc1cc(OC)cc(-n2c(N)nc3cc(Br)ccc32)c1. The Balaban J connectivity index is 2.27. The van der Waals surface area contributed by atoms with Crippen LogP contribution in [0.3, 0.4) is 0 Å². The van der Waals surface area contributed by atoms with Crippen LogP contribution >= 0.6 is 15.9 Å². The second-order valence-electron chi connectivity index (χ2n) is 4.51. The molecule has 1 aromatic heterocycles. The van der Waals surface area contributed by atoms with Crippen LogP contribution in [0.2, 0.25) is 0 Å². The highest BCUT2D eigenvalue weighted by Crippen LogP contribution is 2.30. The first-order chi connectivity index (χ1) is 10.1. The van der Waals surface area contributed by atoms with Crippen LogP contribution in [-0.2, 0) is 0 Å². The topological polar surface area (TPSA) is 62.3 Å². The van der Waals surface area contributed by atoms with E-state index in [2.05, 4.69) is 20.9 Å². The number of hydrogen-bond acceptors (Lipinski definition) is 4. The zero-order valence-electron chi connectivity index (χ0n) is 11.6. The van der Waals surface area contributed by atoms with Crippen molar-refractivity contribution in [3.8, 4) is 17.2 Å². The van der Waals surface area contributed by atoms with Crippen molar-refractivity contribution in [1.82, 2.24) is 9.55 Å². The molecule has 3 rings (SSSR count). The number of halogens is 1. The van der Waals surface area contributed by atoms with Crippen LogP contribution in [0.4, 0.5) is 5.95 Å². The molecule has 0 radical (unpaired) electrons. The quantitative estimate of drug-likeness (QED) is 0.788. The Kier molecular flexibility index (Phi) is 3.47. The smallest absolute Gasteiger partial charge is 0.205 e. The second-order valence-corrected chi connectivity index (χ2v) is 5.42. The monoisotopic (exact) mass is 347 g/mol. The van der Waals surface area contributed by atoms with Gasteiger partial charge in [0.2, 0.25) is 5.95 Å². The Morgan fingerprint density at radius 1 is 1.05 bits per heavy atom. The molecule has 0 aliphatic rings. The van der Waals surface area contributed by atoms with Gasteiger partial charge in [-0.15, -0.1) is 0 Å². The fraction of sp³-hybridized carbons (Fsp3) is 0.133.